The van der Waals surface area contributed by atoms with Gasteiger partial charge in [0.1, 0.15) is 17.2 Å². The Kier molecular flexibility index (Phi) is 2.92. The highest BCUT2D eigenvalue weighted by Crippen LogP contribution is 2.55. The minimum atomic E-state index is -0.670. The monoisotopic (exact) mass is 454 g/mol. The lowest BCUT2D eigenvalue weighted by Crippen LogP contribution is -2.75. The summed E-state index contributed by atoms with van der Waals surface area (Å²) in [6, 6.07) is 29.0. The fraction of sp³-hybridized carbons (Fsp3) is 0.0345. The summed E-state index contributed by atoms with van der Waals surface area (Å²) in [5, 5.41) is 0. The predicted molar refractivity (Wildman–Crippen MR) is 127 cm³/mol. The molecule has 0 amide bonds. The summed E-state index contributed by atoms with van der Waals surface area (Å²) in [7, 11) is 0. The first-order valence-electron chi connectivity index (χ1n) is 11.7. The first kappa shape index (κ1) is 17.6. The molecule has 0 N–H and O–H groups in total. The van der Waals surface area contributed by atoms with Crippen LogP contribution in [0.1, 0.15) is 11.1 Å². The molecular formula is C29H18N4O2+2. The van der Waals surface area contributed by atoms with Crippen molar-refractivity contribution in [2.75, 3.05) is 0 Å². The molecule has 6 nitrogen and oxygen atoms in total. The number of benzene rings is 2. The quantitative estimate of drug-likeness (QED) is 0.334. The highest BCUT2D eigenvalue weighted by Gasteiger charge is 2.71. The van der Waals surface area contributed by atoms with Crippen molar-refractivity contribution in [3.63, 3.8) is 0 Å². The summed E-state index contributed by atoms with van der Waals surface area (Å²) < 4.78 is 21.9. The maximum Gasteiger partial charge on any atom is 0.452 e. The molecule has 0 fully saturated rings. The van der Waals surface area contributed by atoms with Gasteiger partial charge in [0.25, 0.3) is 0 Å². The van der Waals surface area contributed by atoms with Gasteiger partial charge in [0.2, 0.25) is 6.20 Å². The molecule has 3 aliphatic heterocycles. The minimum Gasteiger partial charge on any atom is -0.455 e. The smallest absolute Gasteiger partial charge is 0.452 e. The molecule has 0 radical (unpaired) electrons. The predicted octanol–water partition coefficient (Wildman–Crippen LogP) is 4.79. The summed E-state index contributed by atoms with van der Waals surface area (Å²) >= 11 is 0. The average molecular weight is 454 g/mol. The second-order valence-electron chi connectivity index (χ2n) is 9.18. The fourth-order valence-corrected chi connectivity index (χ4v) is 6.16. The number of nitrogens with zero attached hydrogens (tertiary/aromatic N) is 4. The number of aromatic nitrogens is 4. The van der Waals surface area contributed by atoms with E-state index in [1.54, 1.807) is 0 Å². The molecule has 1 atom stereocenters. The number of ether oxygens (including phenoxy) is 2. The molecule has 1 unspecified atom stereocenters. The van der Waals surface area contributed by atoms with Gasteiger partial charge in [0, 0.05) is 17.8 Å². The Morgan fingerprint density at radius 3 is 2.49 bits per heavy atom. The Morgan fingerprint density at radius 1 is 0.714 bits per heavy atom. The summed E-state index contributed by atoms with van der Waals surface area (Å²) in [5.41, 5.74) is 6.01. The molecule has 1 spiro atoms. The largest absolute Gasteiger partial charge is 0.455 e. The van der Waals surface area contributed by atoms with Crippen LogP contribution < -0.4 is 18.7 Å². The third-order valence-corrected chi connectivity index (χ3v) is 7.49. The molecule has 35 heavy (non-hydrogen) atoms. The molecule has 0 saturated heterocycles. The van der Waals surface area contributed by atoms with Gasteiger partial charge in [-0.15, -0.1) is 4.68 Å². The van der Waals surface area contributed by atoms with Crippen LogP contribution in [0.5, 0.6) is 23.1 Å². The molecule has 0 aliphatic carbocycles. The van der Waals surface area contributed by atoms with E-state index in [1.807, 2.05) is 30.3 Å². The molecule has 0 bridgehead atoms. The molecule has 4 aromatic heterocycles. The van der Waals surface area contributed by atoms with E-state index in [-0.39, 0.29) is 0 Å². The SMILES string of the molecule is c1cc2c3c(c1)Oc1cccc[n+]1C31c3c(cccc3-n3cc(-c4ccc5ccccn45)c[n+]31)O2. The maximum absolute atomic E-state index is 6.46. The van der Waals surface area contributed by atoms with Gasteiger partial charge in [-0.25, -0.2) is 0 Å². The van der Waals surface area contributed by atoms with Crippen molar-refractivity contribution < 1.29 is 18.7 Å². The Hall–Kier alpha value is -4.84. The molecule has 7 heterocycles. The number of rotatable bonds is 1. The van der Waals surface area contributed by atoms with Crippen LogP contribution in [0.3, 0.4) is 0 Å². The highest BCUT2D eigenvalue weighted by atomic mass is 16.5. The second kappa shape index (κ2) is 5.80. The van der Waals surface area contributed by atoms with Crippen molar-refractivity contribution >= 4 is 5.52 Å². The van der Waals surface area contributed by atoms with E-state index in [0.717, 1.165) is 51.2 Å². The molecule has 3 aliphatic rings. The van der Waals surface area contributed by atoms with Gasteiger partial charge in [0.05, 0.1) is 23.5 Å². The van der Waals surface area contributed by atoms with Crippen LogP contribution in [0.25, 0.3) is 22.5 Å². The van der Waals surface area contributed by atoms with E-state index in [4.69, 9.17) is 9.47 Å². The Morgan fingerprint density at radius 2 is 1.54 bits per heavy atom. The fourth-order valence-electron chi connectivity index (χ4n) is 6.16. The van der Waals surface area contributed by atoms with E-state index < -0.39 is 5.66 Å². The molecule has 9 rings (SSSR count). The summed E-state index contributed by atoms with van der Waals surface area (Å²) in [4.78, 5) is 0. The van der Waals surface area contributed by atoms with Crippen LogP contribution in [0, 0.1) is 0 Å². The number of hydrogen-bond donors (Lipinski definition) is 0. The van der Waals surface area contributed by atoms with Crippen LogP contribution in [-0.2, 0) is 5.66 Å². The number of hydrogen-bond acceptors (Lipinski definition) is 2. The zero-order chi connectivity index (χ0) is 22.7. The van der Waals surface area contributed by atoms with Gasteiger partial charge in [-0.2, -0.15) is 0 Å². The molecular weight excluding hydrogens is 436 g/mol. The average Bonchev–Trinajstić information content (AvgIpc) is 3.58. The summed E-state index contributed by atoms with van der Waals surface area (Å²) in [6.07, 6.45) is 8.68. The number of fused-ring (bicyclic) bond motifs is 4. The van der Waals surface area contributed by atoms with Gasteiger partial charge in [-0.1, -0.05) is 22.8 Å². The van der Waals surface area contributed by atoms with E-state index in [2.05, 4.69) is 97.7 Å². The van der Waals surface area contributed by atoms with Crippen molar-refractivity contribution in [1.29, 1.82) is 0 Å². The van der Waals surface area contributed by atoms with Gasteiger partial charge in [-0.3, -0.25) is 0 Å². The van der Waals surface area contributed by atoms with Gasteiger partial charge >= 0.3 is 11.5 Å². The van der Waals surface area contributed by atoms with Crippen LogP contribution >= 0.6 is 0 Å². The first-order valence-corrected chi connectivity index (χ1v) is 11.7. The van der Waals surface area contributed by atoms with Crippen LogP contribution in [0.2, 0.25) is 0 Å². The maximum atomic E-state index is 6.46. The van der Waals surface area contributed by atoms with Crippen molar-refractivity contribution in [2.45, 2.75) is 5.66 Å². The standard InChI is InChI=1S/C29H18N4O2/c1-3-15-30-20(7-1)13-14-21(30)19-17-32-22-8-5-9-23-27(22)29(33(32)18-19)28-24(34-23)10-6-11-25(28)35-26-12-2-4-16-31(26)29/h1-18H/q+2. The molecule has 164 valence electrons. The minimum absolute atomic E-state index is 0.670. The van der Waals surface area contributed by atoms with E-state index in [1.165, 1.54) is 5.52 Å². The van der Waals surface area contributed by atoms with Crippen LogP contribution in [0.15, 0.2) is 110 Å². The first-order chi connectivity index (χ1) is 17.3. The van der Waals surface area contributed by atoms with E-state index in [9.17, 15) is 0 Å². The number of pyridine rings is 2. The molecule has 6 aromatic rings. The normalized spacial score (nSPS) is 17.7. The van der Waals surface area contributed by atoms with Crippen molar-refractivity contribution in [3.05, 3.63) is 121 Å². The van der Waals surface area contributed by atoms with Gasteiger partial charge in [0.15, 0.2) is 23.1 Å². The zero-order valence-electron chi connectivity index (χ0n) is 18.5. The highest BCUT2D eigenvalue weighted by molar-refractivity contribution is 5.69. The summed E-state index contributed by atoms with van der Waals surface area (Å²) in [5.74, 6) is 3.27. The lowest BCUT2D eigenvalue weighted by atomic mass is 9.85. The van der Waals surface area contributed by atoms with Crippen molar-refractivity contribution in [1.82, 2.24) is 9.08 Å². The van der Waals surface area contributed by atoms with Crippen LogP contribution in [-0.4, -0.2) is 9.08 Å². The van der Waals surface area contributed by atoms with E-state index >= 15 is 0 Å². The van der Waals surface area contributed by atoms with Gasteiger partial charge < -0.3 is 13.9 Å². The molecule has 6 heteroatoms. The molecule has 0 saturated carbocycles. The molecule has 2 aromatic carbocycles. The Labute approximate surface area is 200 Å². The van der Waals surface area contributed by atoms with Crippen LogP contribution in [0.4, 0.5) is 0 Å². The summed E-state index contributed by atoms with van der Waals surface area (Å²) in [6.45, 7) is 0. The third-order valence-electron chi connectivity index (χ3n) is 7.49. The Balaban J connectivity index is 1.45. The second-order valence-corrected chi connectivity index (χ2v) is 9.18. The lowest BCUT2D eigenvalue weighted by molar-refractivity contribution is -0.997. The topological polar surface area (TPSA) is 35.6 Å². The van der Waals surface area contributed by atoms with Crippen molar-refractivity contribution in [3.8, 4) is 40.1 Å². The van der Waals surface area contributed by atoms with Crippen molar-refractivity contribution in [2.24, 2.45) is 0 Å². The van der Waals surface area contributed by atoms with Gasteiger partial charge in [-0.05, 0) is 59.3 Å². The Bertz CT molecular complexity index is 1870. The third kappa shape index (κ3) is 1.91. The lowest BCUT2D eigenvalue weighted by Gasteiger charge is -2.31. The van der Waals surface area contributed by atoms with E-state index in [0.29, 0.717) is 0 Å². The zero-order valence-corrected chi connectivity index (χ0v) is 18.5.